The van der Waals surface area contributed by atoms with Gasteiger partial charge in [0.15, 0.2) is 5.65 Å². The number of nitrogens with zero attached hydrogens (tertiary/aromatic N) is 5. The zero-order chi connectivity index (χ0) is 23.1. The fourth-order valence-electron chi connectivity index (χ4n) is 4.11. The number of hydrogen-bond acceptors (Lipinski definition) is 5. The summed E-state index contributed by atoms with van der Waals surface area (Å²) in [7, 11) is 1.86. The standard InChI is InChI=1S/C24H22F2N6O/c1-30(13-15-3-2-4-17(25)9-15)23-8-7-22-28-12-21(32(22)29-23)16-5-6-20(19(26)10-16)31-14-18(27)11-24(31)33/h2-10,12,18H,11,13-14,27H2,1H3/t18-/m0/s1. The molecule has 168 valence electrons. The summed E-state index contributed by atoms with van der Waals surface area (Å²) in [6.07, 6.45) is 1.84. The maximum atomic E-state index is 15.0. The van der Waals surface area contributed by atoms with Crippen molar-refractivity contribution in [3.8, 4) is 11.3 Å². The molecule has 7 nitrogen and oxygen atoms in total. The van der Waals surface area contributed by atoms with E-state index in [2.05, 4.69) is 10.1 Å². The molecule has 1 atom stereocenters. The molecule has 0 spiro atoms. The number of carbonyl (C=O) groups is 1. The molecule has 2 aromatic carbocycles. The van der Waals surface area contributed by atoms with E-state index in [1.807, 2.05) is 30.1 Å². The minimum Gasteiger partial charge on any atom is -0.354 e. The maximum absolute atomic E-state index is 15.0. The molecular weight excluding hydrogens is 426 g/mol. The van der Waals surface area contributed by atoms with Gasteiger partial charge >= 0.3 is 0 Å². The first kappa shape index (κ1) is 21.0. The number of benzene rings is 2. The van der Waals surface area contributed by atoms with E-state index in [1.54, 1.807) is 28.9 Å². The van der Waals surface area contributed by atoms with Crippen LogP contribution in [0.5, 0.6) is 0 Å². The largest absolute Gasteiger partial charge is 0.354 e. The average molecular weight is 448 g/mol. The molecule has 1 amide bonds. The van der Waals surface area contributed by atoms with Crippen molar-refractivity contribution in [2.24, 2.45) is 5.73 Å². The molecule has 5 rings (SSSR count). The highest BCUT2D eigenvalue weighted by Crippen LogP contribution is 2.29. The lowest BCUT2D eigenvalue weighted by atomic mass is 10.1. The van der Waals surface area contributed by atoms with E-state index in [1.165, 1.54) is 23.1 Å². The fraction of sp³-hybridized carbons (Fsp3) is 0.208. The van der Waals surface area contributed by atoms with E-state index in [0.717, 1.165) is 5.56 Å². The molecule has 0 aliphatic carbocycles. The lowest BCUT2D eigenvalue weighted by Gasteiger charge is -2.19. The molecule has 1 aliphatic rings. The molecule has 9 heteroatoms. The van der Waals surface area contributed by atoms with Gasteiger partial charge in [0, 0.05) is 38.2 Å². The number of rotatable bonds is 5. The van der Waals surface area contributed by atoms with E-state index in [0.29, 0.717) is 35.8 Å². The van der Waals surface area contributed by atoms with Gasteiger partial charge < -0.3 is 15.5 Å². The average Bonchev–Trinajstić information content (AvgIpc) is 3.35. The van der Waals surface area contributed by atoms with E-state index in [4.69, 9.17) is 5.73 Å². The van der Waals surface area contributed by atoms with E-state index in [9.17, 15) is 13.6 Å². The Hall–Kier alpha value is -3.85. The summed E-state index contributed by atoms with van der Waals surface area (Å²) in [6, 6.07) is 14.5. The predicted molar refractivity (Wildman–Crippen MR) is 122 cm³/mol. The van der Waals surface area contributed by atoms with Crippen molar-refractivity contribution in [3.63, 3.8) is 0 Å². The van der Waals surface area contributed by atoms with E-state index >= 15 is 0 Å². The number of carbonyl (C=O) groups excluding carboxylic acids is 1. The van der Waals surface area contributed by atoms with Crippen LogP contribution in [0.4, 0.5) is 20.3 Å². The minimum absolute atomic E-state index is 0.184. The minimum atomic E-state index is -0.510. The van der Waals surface area contributed by atoms with Gasteiger partial charge in [0.05, 0.1) is 17.6 Å². The Labute approximate surface area is 189 Å². The van der Waals surface area contributed by atoms with Crippen molar-refractivity contribution in [2.45, 2.75) is 19.0 Å². The second-order valence-electron chi connectivity index (χ2n) is 8.23. The van der Waals surface area contributed by atoms with Gasteiger partial charge in [-0.2, -0.15) is 0 Å². The van der Waals surface area contributed by atoms with E-state index in [-0.39, 0.29) is 29.9 Å². The Morgan fingerprint density at radius 2 is 2.00 bits per heavy atom. The van der Waals surface area contributed by atoms with Gasteiger partial charge in [-0.05, 0) is 42.0 Å². The van der Waals surface area contributed by atoms with Crippen molar-refractivity contribution in [3.05, 3.63) is 78.0 Å². The first-order chi connectivity index (χ1) is 15.9. The van der Waals surface area contributed by atoms with Crippen LogP contribution in [0.15, 0.2) is 60.8 Å². The first-order valence-corrected chi connectivity index (χ1v) is 10.6. The lowest BCUT2D eigenvalue weighted by Crippen LogP contribution is -2.28. The van der Waals surface area contributed by atoms with Crippen molar-refractivity contribution in [1.82, 2.24) is 14.6 Å². The van der Waals surface area contributed by atoms with Crippen LogP contribution in [0, 0.1) is 11.6 Å². The van der Waals surface area contributed by atoms with Crippen LogP contribution in [-0.2, 0) is 11.3 Å². The third-order valence-corrected chi connectivity index (χ3v) is 5.74. The molecule has 1 aliphatic heterocycles. The smallest absolute Gasteiger partial charge is 0.228 e. The SMILES string of the molecule is CN(Cc1cccc(F)c1)c1ccc2ncc(-c3ccc(N4C[C@@H](N)CC4=O)c(F)c3)n2n1. The molecule has 0 saturated carbocycles. The van der Waals surface area contributed by atoms with Crippen molar-refractivity contribution in [1.29, 1.82) is 0 Å². The van der Waals surface area contributed by atoms with Gasteiger partial charge in [0.25, 0.3) is 0 Å². The number of hydrogen-bond donors (Lipinski definition) is 1. The Morgan fingerprint density at radius 3 is 2.73 bits per heavy atom. The highest BCUT2D eigenvalue weighted by molar-refractivity contribution is 5.96. The monoisotopic (exact) mass is 448 g/mol. The quantitative estimate of drug-likeness (QED) is 0.506. The number of halogens is 2. The fourth-order valence-corrected chi connectivity index (χ4v) is 4.11. The molecule has 2 aromatic heterocycles. The first-order valence-electron chi connectivity index (χ1n) is 10.6. The van der Waals surface area contributed by atoms with Crippen LogP contribution < -0.4 is 15.5 Å². The summed E-state index contributed by atoms with van der Waals surface area (Å²) < 4.78 is 30.1. The van der Waals surface area contributed by atoms with Gasteiger partial charge in [-0.15, -0.1) is 5.10 Å². The number of imidazole rings is 1. The number of anilines is 2. The second kappa shape index (κ2) is 8.25. The van der Waals surface area contributed by atoms with Crippen LogP contribution in [-0.4, -0.2) is 40.1 Å². The number of fused-ring (bicyclic) bond motifs is 1. The molecule has 4 aromatic rings. The third-order valence-electron chi connectivity index (χ3n) is 5.74. The zero-order valence-corrected chi connectivity index (χ0v) is 17.9. The van der Waals surface area contributed by atoms with Gasteiger partial charge in [0.1, 0.15) is 17.5 Å². The highest BCUT2D eigenvalue weighted by atomic mass is 19.1. The summed E-state index contributed by atoms with van der Waals surface area (Å²) in [6.45, 7) is 0.767. The predicted octanol–water partition coefficient (Wildman–Crippen LogP) is 3.37. The molecular formula is C24H22F2N6O. The Bertz CT molecular complexity index is 1350. The summed E-state index contributed by atoms with van der Waals surface area (Å²) in [5, 5.41) is 4.66. The molecule has 0 bridgehead atoms. The van der Waals surface area contributed by atoms with Crippen LogP contribution in [0.2, 0.25) is 0 Å². The van der Waals surface area contributed by atoms with Crippen molar-refractivity contribution >= 4 is 23.1 Å². The Kier molecular flexibility index (Phi) is 5.26. The van der Waals surface area contributed by atoms with Crippen LogP contribution >= 0.6 is 0 Å². The van der Waals surface area contributed by atoms with Crippen LogP contribution in [0.3, 0.4) is 0 Å². The lowest BCUT2D eigenvalue weighted by molar-refractivity contribution is -0.117. The van der Waals surface area contributed by atoms with Crippen LogP contribution in [0.1, 0.15) is 12.0 Å². The maximum Gasteiger partial charge on any atom is 0.228 e. The van der Waals surface area contributed by atoms with Crippen molar-refractivity contribution < 1.29 is 13.6 Å². The topological polar surface area (TPSA) is 79.8 Å². The normalized spacial score (nSPS) is 16.1. The second-order valence-corrected chi connectivity index (χ2v) is 8.23. The Morgan fingerprint density at radius 1 is 1.15 bits per heavy atom. The molecule has 0 unspecified atom stereocenters. The number of nitrogens with two attached hydrogens (primary N) is 1. The summed E-state index contributed by atoms with van der Waals surface area (Å²) in [5.74, 6) is -0.329. The molecule has 1 fully saturated rings. The Balaban J connectivity index is 1.45. The number of aromatic nitrogens is 3. The zero-order valence-electron chi connectivity index (χ0n) is 17.9. The molecule has 33 heavy (non-hydrogen) atoms. The van der Waals surface area contributed by atoms with Gasteiger partial charge in [0.2, 0.25) is 5.91 Å². The van der Waals surface area contributed by atoms with E-state index < -0.39 is 5.82 Å². The van der Waals surface area contributed by atoms with Gasteiger partial charge in [-0.25, -0.2) is 18.3 Å². The summed E-state index contributed by atoms with van der Waals surface area (Å²) in [4.78, 5) is 19.8. The highest BCUT2D eigenvalue weighted by Gasteiger charge is 2.30. The van der Waals surface area contributed by atoms with Crippen LogP contribution in [0.25, 0.3) is 16.9 Å². The summed E-state index contributed by atoms with van der Waals surface area (Å²) in [5.41, 5.74) is 8.68. The third kappa shape index (κ3) is 4.03. The van der Waals surface area contributed by atoms with Crippen molar-refractivity contribution in [2.75, 3.05) is 23.4 Å². The molecule has 0 radical (unpaired) electrons. The molecule has 2 N–H and O–H groups in total. The summed E-state index contributed by atoms with van der Waals surface area (Å²) >= 11 is 0. The molecule has 1 saturated heterocycles. The van der Waals surface area contributed by atoms with Gasteiger partial charge in [-0.1, -0.05) is 18.2 Å². The number of amides is 1. The molecule has 3 heterocycles. The van der Waals surface area contributed by atoms with Gasteiger partial charge in [-0.3, -0.25) is 4.79 Å².